The summed E-state index contributed by atoms with van der Waals surface area (Å²) in [6, 6.07) is 1.46. The fourth-order valence-electron chi connectivity index (χ4n) is 1.13. The molecule has 0 saturated heterocycles. The van der Waals surface area contributed by atoms with Crippen LogP contribution < -0.4 is 10.2 Å². The van der Waals surface area contributed by atoms with Crippen molar-refractivity contribution >= 4 is 0 Å². The number of nitrogens with one attached hydrogen (secondary N) is 1. The SMILES string of the molecule is COCCCOc1c(C)[nH]ccc1=O. The zero-order valence-electron chi connectivity index (χ0n) is 8.50. The Morgan fingerprint density at radius 2 is 2.21 bits per heavy atom. The molecule has 14 heavy (non-hydrogen) atoms. The summed E-state index contributed by atoms with van der Waals surface area (Å²) in [4.78, 5) is 14.3. The molecule has 0 aliphatic rings. The molecule has 1 aromatic rings. The van der Waals surface area contributed by atoms with Gasteiger partial charge >= 0.3 is 0 Å². The number of aromatic amines is 1. The molecule has 1 rings (SSSR count). The summed E-state index contributed by atoms with van der Waals surface area (Å²) in [6.07, 6.45) is 2.39. The van der Waals surface area contributed by atoms with E-state index in [0.29, 0.717) is 19.0 Å². The Hall–Kier alpha value is -1.29. The average Bonchev–Trinajstić information content (AvgIpc) is 2.16. The second-order valence-corrected chi connectivity index (χ2v) is 2.99. The minimum Gasteiger partial charge on any atom is -0.488 e. The van der Waals surface area contributed by atoms with E-state index >= 15 is 0 Å². The highest BCUT2D eigenvalue weighted by atomic mass is 16.5. The van der Waals surface area contributed by atoms with Gasteiger partial charge in [0.25, 0.3) is 0 Å². The van der Waals surface area contributed by atoms with Gasteiger partial charge in [-0.05, 0) is 6.92 Å². The predicted molar refractivity (Wildman–Crippen MR) is 53.8 cm³/mol. The van der Waals surface area contributed by atoms with E-state index in [1.165, 1.54) is 6.07 Å². The molecular formula is C10H15NO3. The van der Waals surface area contributed by atoms with E-state index in [0.717, 1.165) is 12.1 Å². The zero-order valence-corrected chi connectivity index (χ0v) is 8.50. The highest BCUT2D eigenvalue weighted by Crippen LogP contribution is 2.07. The van der Waals surface area contributed by atoms with Gasteiger partial charge in [-0.1, -0.05) is 0 Å². The smallest absolute Gasteiger partial charge is 0.223 e. The number of methoxy groups -OCH3 is 1. The van der Waals surface area contributed by atoms with Crippen molar-refractivity contribution < 1.29 is 9.47 Å². The third kappa shape index (κ3) is 2.88. The molecule has 78 valence electrons. The molecule has 0 aromatic carbocycles. The molecule has 0 fully saturated rings. The number of H-pyrrole nitrogens is 1. The molecule has 0 unspecified atom stereocenters. The van der Waals surface area contributed by atoms with Crippen LogP contribution in [0.1, 0.15) is 12.1 Å². The van der Waals surface area contributed by atoms with Crippen molar-refractivity contribution in [2.75, 3.05) is 20.3 Å². The first-order valence-corrected chi connectivity index (χ1v) is 4.55. The first-order valence-electron chi connectivity index (χ1n) is 4.55. The number of aromatic nitrogens is 1. The fraction of sp³-hybridized carbons (Fsp3) is 0.500. The van der Waals surface area contributed by atoms with E-state index in [1.54, 1.807) is 13.3 Å². The van der Waals surface area contributed by atoms with Gasteiger partial charge in [0.1, 0.15) is 0 Å². The first-order chi connectivity index (χ1) is 6.75. The summed E-state index contributed by atoms with van der Waals surface area (Å²) in [5.41, 5.74) is 0.675. The van der Waals surface area contributed by atoms with Gasteiger partial charge in [0.15, 0.2) is 5.75 Å². The van der Waals surface area contributed by atoms with Gasteiger partial charge in [-0.3, -0.25) is 4.79 Å². The van der Waals surface area contributed by atoms with E-state index in [-0.39, 0.29) is 5.43 Å². The second kappa shape index (κ2) is 5.44. The number of ether oxygens (including phenoxy) is 2. The Kier molecular flexibility index (Phi) is 4.19. The quantitative estimate of drug-likeness (QED) is 0.719. The van der Waals surface area contributed by atoms with Crippen molar-refractivity contribution in [3.8, 4) is 5.75 Å². The third-order valence-electron chi connectivity index (χ3n) is 1.84. The average molecular weight is 197 g/mol. The number of aryl methyl sites for hydroxylation is 1. The molecule has 0 radical (unpaired) electrons. The van der Waals surface area contributed by atoms with Gasteiger partial charge in [0.2, 0.25) is 5.43 Å². The Morgan fingerprint density at radius 3 is 2.86 bits per heavy atom. The molecule has 0 atom stereocenters. The molecule has 4 heteroatoms. The van der Waals surface area contributed by atoms with Crippen LogP contribution in [0.2, 0.25) is 0 Å². The molecule has 0 bridgehead atoms. The van der Waals surface area contributed by atoms with E-state index < -0.39 is 0 Å². The third-order valence-corrected chi connectivity index (χ3v) is 1.84. The molecule has 0 spiro atoms. The maximum atomic E-state index is 11.3. The highest BCUT2D eigenvalue weighted by molar-refractivity contribution is 5.25. The predicted octanol–water partition coefficient (Wildman–Crippen LogP) is 1.10. The minimum atomic E-state index is -0.0846. The van der Waals surface area contributed by atoms with Crippen LogP contribution in [-0.2, 0) is 4.74 Å². The molecular weight excluding hydrogens is 182 g/mol. The van der Waals surface area contributed by atoms with Gasteiger partial charge in [-0.15, -0.1) is 0 Å². The maximum absolute atomic E-state index is 11.3. The molecule has 0 amide bonds. The lowest BCUT2D eigenvalue weighted by Crippen LogP contribution is -2.11. The number of rotatable bonds is 5. The fourth-order valence-corrected chi connectivity index (χ4v) is 1.13. The van der Waals surface area contributed by atoms with Gasteiger partial charge in [0, 0.05) is 32.4 Å². The maximum Gasteiger partial charge on any atom is 0.223 e. The summed E-state index contributed by atoms with van der Waals surface area (Å²) in [7, 11) is 1.64. The molecule has 0 aliphatic carbocycles. The summed E-state index contributed by atoms with van der Waals surface area (Å²) in [5, 5.41) is 0. The van der Waals surface area contributed by atoms with Gasteiger partial charge < -0.3 is 14.5 Å². The summed E-state index contributed by atoms with van der Waals surface area (Å²) in [5.74, 6) is 0.406. The first kappa shape index (κ1) is 10.8. The van der Waals surface area contributed by atoms with Gasteiger partial charge in [-0.25, -0.2) is 0 Å². The van der Waals surface area contributed by atoms with Crippen LogP contribution >= 0.6 is 0 Å². The lowest BCUT2D eigenvalue weighted by atomic mass is 10.3. The van der Waals surface area contributed by atoms with Gasteiger partial charge in [0.05, 0.1) is 12.3 Å². The van der Waals surface area contributed by atoms with Crippen LogP contribution in [0.4, 0.5) is 0 Å². The summed E-state index contributed by atoms with van der Waals surface area (Å²) in [6.45, 7) is 2.96. The molecule has 1 heterocycles. The van der Waals surface area contributed by atoms with E-state index in [2.05, 4.69) is 4.98 Å². The summed E-state index contributed by atoms with van der Waals surface area (Å²) >= 11 is 0. The van der Waals surface area contributed by atoms with E-state index in [9.17, 15) is 4.79 Å². The van der Waals surface area contributed by atoms with Crippen molar-refractivity contribution in [1.29, 1.82) is 0 Å². The zero-order chi connectivity index (χ0) is 10.4. The van der Waals surface area contributed by atoms with Crippen molar-refractivity contribution in [3.63, 3.8) is 0 Å². The van der Waals surface area contributed by atoms with Crippen molar-refractivity contribution in [3.05, 3.63) is 28.2 Å². The van der Waals surface area contributed by atoms with Crippen LogP contribution in [0.5, 0.6) is 5.75 Å². The van der Waals surface area contributed by atoms with Crippen LogP contribution in [-0.4, -0.2) is 25.3 Å². The minimum absolute atomic E-state index is 0.0846. The van der Waals surface area contributed by atoms with Crippen molar-refractivity contribution in [2.24, 2.45) is 0 Å². The van der Waals surface area contributed by atoms with Crippen LogP contribution in [0.15, 0.2) is 17.1 Å². The monoisotopic (exact) mass is 197 g/mol. The molecule has 0 aliphatic heterocycles. The highest BCUT2D eigenvalue weighted by Gasteiger charge is 2.03. The Morgan fingerprint density at radius 1 is 1.43 bits per heavy atom. The van der Waals surface area contributed by atoms with E-state index in [4.69, 9.17) is 9.47 Å². The molecule has 1 N–H and O–H groups in total. The number of hydrogen-bond acceptors (Lipinski definition) is 3. The lowest BCUT2D eigenvalue weighted by molar-refractivity contribution is 0.171. The number of pyridine rings is 1. The topological polar surface area (TPSA) is 51.3 Å². The molecule has 4 nitrogen and oxygen atoms in total. The summed E-state index contributed by atoms with van der Waals surface area (Å²) < 4.78 is 10.2. The Balaban J connectivity index is 2.54. The largest absolute Gasteiger partial charge is 0.488 e. The molecule has 0 saturated carbocycles. The normalized spacial score (nSPS) is 10.1. The van der Waals surface area contributed by atoms with Crippen LogP contribution in [0, 0.1) is 6.92 Å². The second-order valence-electron chi connectivity index (χ2n) is 2.99. The van der Waals surface area contributed by atoms with Crippen molar-refractivity contribution in [1.82, 2.24) is 4.98 Å². The number of hydrogen-bond donors (Lipinski definition) is 1. The van der Waals surface area contributed by atoms with E-state index in [1.807, 2.05) is 6.92 Å². The molecule has 1 aromatic heterocycles. The Labute approximate surface area is 82.9 Å². The lowest BCUT2D eigenvalue weighted by Gasteiger charge is -2.06. The van der Waals surface area contributed by atoms with Crippen molar-refractivity contribution in [2.45, 2.75) is 13.3 Å². The standard InChI is InChI=1S/C10H15NO3/c1-8-10(9(12)4-5-11-8)14-7-3-6-13-2/h4-5H,3,6-7H2,1-2H3,(H,11,12). The van der Waals surface area contributed by atoms with Crippen LogP contribution in [0.25, 0.3) is 0 Å². The van der Waals surface area contributed by atoms with Gasteiger partial charge in [-0.2, -0.15) is 0 Å². The Bertz CT molecular complexity index is 332. The van der Waals surface area contributed by atoms with Crippen LogP contribution in [0.3, 0.4) is 0 Å².